The van der Waals surface area contributed by atoms with Gasteiger partial charge in [-0.2, -0.15) is 5.10 Å². The van der Waals surface area contributed by atoms with E-state index in [9.17, 15) is 0 Å². The molecule has 0 spiro atoms. The minimum absolute atomic E-state index is 0.701. The maximum absolute atomic E-state index is 5.85. The molecule has 0 saturated heterocycles. The van der Waals surface area contributed by atoms with Crippen molar-refractivity contribution in [1.82, 2.24) is 9.78 Å². The topological polar surface area (TPSA) is 43.8 Å². The molecule has 1 aromatic heterocycles. The summed E-state index contributed by atoms with van der Waals surface area (Å²) in [5.74, 6) is 0.701. The third-order valence-corrected chi connectivity index (χ3v) is 3.83. The van der Waals surface area contributed by atoms with E-state index in [1.807, 2.05) is 13.1 Å². The van der Waals surface area contributed by atoms with Crippen molar-refractivity contribution in [3.63, 3.8) is 0 Å². The summed E-state index contributed by atoms with van der Waals surface area (Å²) in [5.41, 5.74) is 10.9. The quantitative estimate of drug-likeness (QED) is 0.878. The van der Waals surface area contributed by atoms with Crippen molar-refractivity contribution >= 4 is 21.7 Å². The molecule has 0 atom stereocenters. The van der Waals surface area contributed by atoms with Crippen LogP contribution in [0.4, 0.5) is 5.82 Å². The molecule has 1 heterocycles. The molecule has 1 aromatic carbocycles. The maximum Gasteiger partial charge on any atom is 0.121 e. The first kappa shape index (κ1) is 10.8. The van der Waals surface area contributed by atoms with Crippen LogP contribution < -0.4 is 5.73 Å². The van der Waals surface area contributed by atoms with Crippen LogP contribution in [0, 0.1) is 0 Å². The summed E-state index contributed by atoms with van der Waals surface area (Å²) in [7, 11) is 1.87. The lowest BCUT2D eigenvalue weighted by molar-refractivity contribution is 0.782. The lowest BCUT2D eigenvalue weighted by atomic mass is 10.0. The predicted octanol–water partition coefficient (Wildman–Crippen LogP) is 2.92. The number of hydrogen-bond acceptors (Lipinski definition) is 2. The van der Waals surface area contributed by atoms with Gasteiger partial charge in [0.15, 0.2) is 0 Å². The zero-order valence-corrected chi connectivity index (χ0v) is 11.3. The molecule has 2 N–H and O–H groups in total. The van der Waals surface area contributed by atoms with Gasteiger partial charge in [0.1, 0.15) is 5.82 Å². The number of halogens is 1. The first-order valence-electron chi connectivity index (χ1n) is 5.76. The third-order valence-electron chi connectivity index (χ3n) is 3.37. The minimum Gasteiger partial charge on any atom is -0.384 e. The first-order chi connectivity index (χ1) is 8.15. The Hall–Kier alpha value is -1.29. The van der Waals surface area contributed by atoms with Crippen molar-refractivity contribution < 1.29 is 0 Å². The Bertz CT molecular complexity index is 567. The van der Waals surface area contributed by atoms with E-state index in [0.29, 0.717) is 5.82 Å². The van der Waals surface area contributed by atoms with E-state index in [4.69, 9.17) is 5.73 Å². The lowest BCUT2D eigenvalue weighted by Crippen LogP contribution is -1.97. The van der Waals surface area contributed by atoms with Crippen LogP contribution in [0.1, 0.15) is 17.5 Å². The Morgan fingerprint density at radius 3 is 2.82 bits per heavy atom. The smallest absolute Gasteiger partial charge is 0.121 e. The standard InChI is InChI=1S/C13H14BrN3/c1-17-13(15)7-12(16-17)11-6-9(14)5-8-3-2-4-10(8)11/h5-7H,2-4,15H2,1H3. The van der Waals surface area contributed by atoms with Gasteiger partial charge in [0, 0.05) is 23.2 Å². The summed E-state index contributed by atoms with van der Waals surface area (Å²) >= 11 is 3.57. The first-order valence-corrected chi connectivity index (χ1v) is 6.55. The number of aryl methyl sites for hydroxylation is 2. The maximum atomic E-state index is 5.85. The Kier molecular flexibility index (Phi) is 2.47. The second kappa shape index (κ2) is 3.88. The van der Waals surface area contributed by atoms with Crippen LogP contribution in [0.3, 0.4) is 0 Å². The minimum atomic E-state index is 0.701. The molecule has 0 bridgehead atoms. The van der Waals surface area contributed by atoms with E-state index < -0.39 is 0 Å². The average molecular weight is 292 g/mol. The summed E-state index contributed by atoms with van der Waals surface area (Å²) in [6.45, 7) is 0. The second-order valence-corrected chi connectivity index (χ2v) is 5.44. The predicted molar refractivity (Wildman–Crippen MR) is 72.8 cm³/mol. The van der Waals surface area contributed by atoms with Crippen molar-refractivity contribution in [3.05, 3.63) is 33.8 Å². The summed E-state index contributed by atoms with van der Waals surface area (Å²) in [6, 6.07) is 6.31. The molecule has 4 heteroatoms. The van der Waals surface area contributed by atoms with Gasteiger partial charge in [0.05, 0.1) is 5.69 Å². The van der Waals surface area contributed by atoms with Crippen LogP contribution in [0.25, 0.3) is 11.3 Å². The highest BCUT2D eigenvalue weighted by atomic mass is 79.9. The zero-order valence-electron chi connectivity index (χ0n) is 9.70. The van der Waals surface area contributed by atoms with Gasteiger partial charge in [-0.25, -0.2) is 0 Å². The van der Waals surface area contributed by atoms with E-state index in [1.54, 1.807) is 4.68 Å². The van der Waals surface area contributed by atoms with Crippen molar-refractivity contribution in [2.24, 2.45) is 7.05 Å². The Labute approximate surface area is 109 Å². The molecule has 2 aromatic rings. The van der Waals surface area contributed by atoms with Gasteiger partial charge in [-0.15, -0.1) is 0 Å². The molecule has 17 heavy (non-hydrogen) atoms. The van der Waals surface area contributed by atoms with Crippen LogP contribution in [0.2, 0.25) is 0 Å². The van der Waals surface area contributed by atoms with E-state index in [-0.39, 0.29) is 0 Å². The molecule has 3 nitrogen and oxygen atoms in total. The van der Waals surface area contributed by atoms with Gasteiger partial charge >= 0.3 is 0 Å². The van der Waals surface area contributed by atoms with Crippen LogP contribution in [0.5, 0.6) is 0 Å². The van der Waals surface area contributed by atoms with Crippen LogP contribution in [-0.4, -0.2) is 9.78 Å². The molecule has 1 aliphatic carbocycles. The second-order valence-electron chi connectivity index (χ2n) is 4.52. The monoisotopic (exact) mass is 291 g/mol. The molecule has 0 amide bonds. The zero-order chi connectivity index (χ0) is 12.0. The fourth-order valence-electron chi connectivity index (χ4n) is 2.51. The number of fused-ring (bicyclic) bond motifs is 1. The van der Waals surface area contributed by atoms with Gasteiger partial charge < -0.3 is 5.73 Å². The van der Waals surface area contributed by atoms with Gasteiger partial charge in [-0.1, -0.05) is 15.9 Å². The number of nitrogens with two attached hydrogens (primary N) is 1. The van der Waals surface area contributed by atoms with Crippen molar-refractivity contribution in [1.29, 1.82) is 0 Å². The summed E-state index contributed by atoms with van der Waals surface area (Å²) < 4.78 is 2.84. The van der Waals surface area contributed by atoms with Crippen LogP contribution in [-0.2, 0) is 19.9 Å². The van der Waals surface area contributed by atoms with Crippen LogP contribution in [0.15, 0.2) is 22.7 Å². The number of rotatable bonds is 1. The Morgan fingerprint density at radius 2 is 2.12 bits per heavy atom. The Balaban J connectivity index is 2.20. The van der Waals surface area contributed by atoms with Gasteiger partial charge in [0.2, 0.25) is 0 Å². The molecule has 0 aliphatic heterocycles. The number of nitrogens with zero attached hydrogens (tertiary/aromatic N) is 2. The van der Waals surface area contributed by atoms with E-state index in [0.717, 1.165) is 16.6 Å². The molecule has 88 valence electrons. The van der Waals surface area contributed by atoms with Gasteiger partial charge in [-0.05, 0) is 42.5 Å². The molecule has 3 rings (SSSR count). The number of hydrogen-bond donors (Lipinski definition) is 1. The molecule has 0 saturated carbocycles. The lowest BCUT2D eigenvalue weighted by Gasteiger charge is -2.07. The summed E-state index contributed by atoms with van der Waals surface area (Å²) in [4.78, 5) is 0. The van der Waals surface area contributed by atoms with Crippen molar-refractivity contribution in [3.8, 4) is 11.3 Å². The largest absolute Gasteiger partial charge is 0.384 e. The summed E-state index contributed by atoms with van der Waals surface area (Å²) in [6.07, 6.45) is 3.56. The number of benzene rings is 1. The number of nitrogen functional groups attached to an aromatic ring is 1. The van der Waals surface area contributed by atoms with E-state index in [2.05, 4.69) is 33.2 Å². The SMILES string of the molecule is Cn1nc(-c2cc(Br)cc3c2CCC3)cc1N. The summed E-state index contributed by atoms with van der Waals surface area (Å²) in [5, 5.41) is 4.47. The molecule has 0 fully saturated rings. The van der Waals surface area contributed by atoms with Crippen molar-refractivity contribution in [2.75, 3.05) is 5.73 Å². The third kappa shape index (κ3) is 1.76. The van der Waals surface area contributed by atoms with Crippen molar-refractivity contribution in [2.45, 2.75) is 19.3 Å². The number of aromatic nitrogens is 2. The van der Waals surface area contributed by atoms with Crippen LogP contribution >= 0.6 is 15.9 Å². The van der Waals surface area contributed by atoms with Gasteiger partial charge in [0.25, 0.3) is 0 Å². The highest BCUT2D eigenvalue weighted by Gasteiger charge is 2.18. The molecule has 1 aliphatic rings. The average Bonchev–Trinajstić information content (AvgIpc) is 2.85. The van der Waals surface area contributed by atoms with Gasteiger partial charge in [-0.3, -0.25) is 4.68 Å². The highest BCUT2D eigenvalue weighted by molar-refractivity contribution is 9.10. The fourth-order valence-corrected chi connectivity index (χ4v) is 3.01. The number of anilines is 1. The highest BCUT2D eigenvalue weighted by Crippen LogP contribution is 2.35. The molecular formula is C13H14BrN3. The van der Waals surface area contributed by atoms with E-state index >= 15 is 0 Å². The molecule has 0 unspecified atom stereocenters. The fraction of sp³-hybridized carbons (Fsp3) is 0.308. The molecule has 0 radical (unpaired) electrons. The van der Waals surface area contributed by atoms with E-state index in [1.165, 1.54) is 29.5 Å². The Morgan fingerprint density at radius 1 is 1.29 bits per heavy atom. The normalized spacial score (nSPS) is 14.0. The molecular weight excluding hydrogens is 278 g/mol.